The van der Waals surface area contributed by atoms with E-state index in [-0.39, 0.29) is 5.91 Å². The SMILES string of the molecule is CN(Cc1cc(-c2ccccc2)n[nH]1)C(=O)c1ccc2n[nH]nc2c1. The van der Waals surface area contributed by atoms with Gasteiger partial charge in [0.1, 0.15) is 11.0 Å². The van der Waals surface area contributed by atoms with Gasteiger partial charge in [0.15, 0.2) is 0 Å². The average molecular weight is 332 g/mol. The van der Waals surface area contributed by atoms with Crippen LogP contribution in [-0.2, 0) is 6.54 Å². The highest BCUT2D eigenvalue weighted by atomic mass is 16.2. The highest BCUT2D eigenvalue weighted by Crippen LogP contribution is 2.18. The summed E-state index contributed by atoms with van der Waals surface area (Å²) in [5.74, 6) is -0.0826. The topological polar surface area (TPSA) is 90.6 Å². The first-order valence-corrected chi connectivity index (χ1v) is 7.86. The fourth-order valence-electron chi connectivity index (χ4n) is 2.72. The van der Waals surface area contributed by atoms with Crippen LogP contribution in [0.4, 0.5) is 0 Å². The Kier molecular flexibility index (Phi) is 3.74. The molecule has 0 fully saturated rings. The standard InChI is InChI=1S/C18H16N6O/c1-24(18(25)13-7-8-15-17(9-13)22-23-21-15)11-14-10-16(20-19-14)12-5-3-2-4-6-12/h2-10H,11H2,1H3,(H,19,20)(H,21,22,23). The molecule has 4 rings (SSSR count). The molecule has 2 heterocycles. The van der Waals surface area contributed by atoms with E-state index in [0.717, 1.165) is 22.5 Å². The van der Waals surface area contributed by atoms with Crippen molar-refractivity contribution in [3.05, 3.63) is 65.9 Å². The minimum atomic E-state index is -0.0826. The van der Waals surface area contributed by atoms with E-state index in [0.29, 0.717) is 17.6 Å². The summed E-state index contributed by atoms with van der Waals surface area (Å²) in [6.07, 6.45) is 0. The van der Waals surface area contributed by atoms with E-state index < -0.39 is 0 Å². The van der Waals surface area contributed by atoms with Gasteiger partial charge in [-0.3, -0.25) is 9.89 Å². The third-order valence-corrected chi connectivity index (χ3v) is 4.02. The van der Waals surface area contributed by atoms with Crippen LogP contribution in [0.2, 0.25) is 0 Å². The minimum Gasteiger partial charge on any atom is -0.336 e. The summed E-state index contributed by atoms with van der Waals surface area (Å²) >= 11 is 0. The third kappa shape index (κ3) is 2.99. The molecule has 0 aliphatic carbocycles. The molecule has 124 valence electrons. The summed E-state index contributed by atoms with van der Waals surface area (Å²) in [7, 11) is 1.76. The monoisotopic (exact) mass is 332 g/mol. The Morgan fingerprint density at radius 2 is 1.80 bits per heavy atom. The average Bonchev–Trinajstić information content (AvgIpc) is 3.30. The van der Waals surface area contributed by atoms with Crippen LogP contribution in [0.15, 0.2) is 54.6 Å². The number of amides is 1. The lowest BCUT2D eigenvalue weighted by Gasteiger charge is -2.16. The molecule has 0 spiro atoms. The van der Waals surface area contributed by atoms with Gasteiger partial charge in [-0.25, -0.2) is 0 Å². The molecule has 25 heavy (non-hydrogen) atoms. The van der Waals surface area contributed by atoms with Gasteiger partial charge in [0.05, 0.1) is 17.9 Å². The molecule has 1 amide bonds. The summed E-state index contributed by atoms with van der Waals surface area (Å²) in [4.78, 5) is 14.3. The lowest BCUT2D eigenvalue weighted by molar-refractivity contribution is 0.0783. The summed E-state index contributed by atoms with van der Waals surface area (Å²) in [6, 6.07) is 17.1. The minimum absolute atomic E-state index is 0.0826. The van der Waals surface area contributed by atoms with Gasteiger partial charge < -0.3 is 4.90 Å². The quantitative estimate of drug-likeness (QED) is 0.601. The van der Waals surface area contributed by atoms with E-state index in [9.17, 15) is 4.79 Å². The highest BCUT2D eigenvalue weighted by Gasteiger charge is 2.15. The van der Waals surface area contributed by atoms with Crippen LogP contribution in [0, 0.1) is 0 Å². The lowest BCUT2D eigenvalue weighted by Crippen LogP contribution is -2.26. The van der Waals surface area contributed by atoms with Crippen LogP contribution in [0.1, 0.15) is 16.1 Å². The Morgan fingerprint density at radius 1 is 1.00 bits per heavy atom. The molecule has 7 heteroatoms. The van der Waals surface area contributed by atoms with Crippen molar-refractivity contribution >= 4 is 16.9 Å². The highest BCUT2D eigenvalue weighted by molar-refractivity contribution is 5.97. The molecule has 0 bridgehead atoms. The number of hydrogen-bond acceptors (Lipinski definition) is 4. The molecule has 2 N–H and O–H groups in total. The van der Waals surface area contributed by atoms with Gasteiger partial charge in [0, 0.05) is 18.2 Å². The number of nitrogens with zero attached hydrogens (tertiary/aromatic N) is 4. The smallest absolute Gasteiger partial charge is 0.254 e. The fourth-order valence-corrected chi connectivity index (χ4v) is 2.72. The van der Waals surface area contributed by atoms with Crippen molar-refractivity contribution in [2.75, 3.05) is 7.05 Å². The first kappa shape index (κ1) is 15.1. The van der Waals surface area contributed by atoms with Crippen LogP contribution < -0.4 is 0 Å². The molecule has 0 radical (unpaired) electrons. The van der Waals surface area contributed by atoms with Crippen LogP contribution in [0.25, 0.3) is 22.3 Å². The van der Waals surface area contributed by atoms with E-state index in [1.54, 1.807) is 30.1 Å². The Balaban J connectivity index is 1.50. The van der Waals surface area contributed by atoms with E-state index in [1.165, 1.54) is 0 Å². The molecule has 0 unspecified atom stereocenters. The number of nitrogens with one attached hydrogen (secondary N) is 2. The van der Waals surface area contributed by atoms with Crippen molar-refractivity contribution in [2.24, 2.45) is 0 Å². The molecule has 0 aliphatic rings. The second-order valence-corrected chi connectivity index (χ2v) is 5.83. The maximum atomic E-state index is 12.6. The molecule has 0 saturated heterocycles. The Morgan fingerprint density at radius 3 is 2.64 bits per heavy atom. The van der Waals surface area contributed by atoms with Crippen LogP contribution >= 0.6 is 0 Å². The summed E-state index contributed by atoms with van der Waals surface area (Å²) < 4.78 is 0. The number of benzene rings is 2. The number of H-pyrrole nitrogens is 2. The van der Waals surface area contributed by atoms with E-state index in [4.69, 9.17) is 0 Å². The molecule has 7 nitrogen and oxygen atoms in total. The molecule has 2 aromatic carbocycles. The summed E-state index contributed by atoms with van der Waals surface area (Å²) in [5.41, 5.74) is 4.76. The zero-order chi connectivity index (χ0) is 17.2. The maximum Gasteiger partial charge on any atom is 0.254 e. The van der Waals surface area contributed by atoms with Gasteiger partial charge in [-0.2, -0.15) is 20.5 Å². The van der Waals surface area contributed by atoms with E-state index in [1.807, 2.05) is 36.4 Å². The summed E-state index contributed by atoms with van der Waals surface area (Å²) in [5, 5.41) is 17.9. The molecule has 2 aromatic heterocycles. The van der Waals surface area contributed by atoms with Crippen LogP contribution in [-0.4, -0.2) is 43.5 Å². The maximum absolute atomic E-state index is 12.6. The predicted octanol–water partition coefficient (Wildman–Crippen LogP) is 2.62. The van der Waals surface area contributed by atoms with Crippen molar-refractivity contribution < 1.29 is 4.79 Å². The largest absolute Gasteiger partial charge is 0.336 e. The zero-order valence-corrected chi connectivity index (χ0v) is 13.6. The van der Waals surface area contributed by atoms with Gasteiger partial charge >= 0.3 is 0 Å². The lowest BCUT2D eigenvalue weighted by atomic mass is 10.1. The Bertz CT molecular complexity index is 1020. The zero-order valence-electron chi connectivity index (χ0n) is 13.6. The van der Waals surface area contributed by atoms with Crippen molar-refractivity contribution in [3.63, 3.8) is 0 Å². The molecular formula is C18H16N6O. The number of aromatic amines is 2. The van der Waals surface area contributed by atoms with Crippen molar-refractivity contribution in [1.29, 1.82) is 0 Å². The van der Waals surface area contributed by atoms with Gasteiger partial charge in [0.25, 0.3) is 5.91 Å². The Hall–Kier alpha value is -3.48. The van der Waals surface area contributed by atoms with Gasteiger partial charge in [-0.15, -0.1) is 0 Å². The van der Waals surface area contributed by atoms with Crippen LogP contribution in [0.3, 0.4) is 0 Å². The van der Waals surface area contributed by atoms with Crippen molar-refractivity contribution in [3.8, 4) is 11.3 Å². The first-order valence-electron chi connectivity index (χ1n) is 7.86. The normalized spacial score (nSPS) is 10.9. The van der Waals surface area contributed by atoms with E-state index in [2.05, 4.69) is 25.6 Å². The van der Waals surface area contributed by atoms with Gasteiger partial charge in [-0.05, 0) is 24.3 Å². The summed E-state index contributed by atoms with van der Waals surface area (Å²) in [6.45, 7) is 0.440. The molecule has 0 aliphatic heterocycles. The fraction of sp³-hybridized carbons (Fsp3) is 0.111. The predicted molar refractivity (Wildman–Crippen MR) is 93.7 cm³/mol. The molecule has 0 saturated carbocycles. The van der Waals surface area contributed by atoms with Gasteiger partial charge in [0.2, 0.25) is 0 Å². The Labute approximate surface area is 143 Å². The number of rotatable bonds is 4. The molecule has 4 aromatic rings. The van der Waals surface area contributed by atoms with Crippen molar-refractivity contribution in [1.82, 2.24) is 30.5 Å². The van der Waals surface area contributed by atoms with Gasteiger partial charge in [-0.1, -0.05) is 30.3 Å². The third-order valence-electron chi connectivity index (χ3n) is 4.02. The van der Waals surface area contributed by atoms with Crippen LogP contribution in [0.5, 0.6) is 0 Å². The molecular weight excluding hydrogens is 316 g/mol. The van der Waals surface area contributed by atoms with Crippen molar-refractivity contribution in [2.45, 2.75) is 6.54 Å². The van der Waals surface area contributed by atoms with E-state index >= 15 is 0 Å². The number of carbonyl (C=O) groups is 1. The number of fused-ring (bicyclic) bond motifs is 1. The second kappa shape index (κ2) is 6.20. The first-order chi connectivity index (χ1) is 12.2. The number of hydrogen-bond donors (Lipinski definition) is 2. The molecule has 0 atom stereocenters. The number of aromatic nitrogens is 5. The second-order valence-electron chi connectivity index (χ2n) is 5.83. The number of carbonyl (C=O) groups excluding carboxylic acids is 1.